The Hall–Kier alpha value is -1.87. The summed E-state index contributed by atoms with van der Waals surface area (Å²) in [5.74, 6) is 0. The number of rotatable bonds is 4. The van der Waals surface area contributed by atoms with Gasteiger partial charge < -0.3 is 4.57 Å². The van der Waals surface area contributed by atoms with Gasteiger partial charge in [0.2, 0.25) is 0 Å². The lowest BCUT2D eigenvalue weighted by molar-refractivity contribution is 0.244. The largest absolute Gasteiger partial charge is 0.319 e. The second kappa shape index (κ2) is 6.27. The van der Waals surface area contributed by atoms with Crippen molar-refractivity contribution in [3.63, 3.8) is 0 Å². The van der Waals surface area contributed by atoms with E-state index in [4.69, 9.17) is 0 Å². The maximum absolute atomic E-state index is 11.7. The molecule has 110 valence electrons. The third kappa shape index (κ3) is 3.42. The smallest absolute Gasteiger partial charge is 0.250 e. The van der Waals surface area contributed by atoms with Gasteiger partial charge in [-0.2, -0.15) is 0 Å². The van der Waals surface area contributed by atoms with E-state index in [0.717, 1.165) is 25.1 Å². The Balaban J connectivity index is 1.69. The van der Waals surface area contributed by atoms with Gasteiger partial charge in [0.15, 0.2) is 0 Å². The van der Waals surface area contributed by atoms with Crippen LogP contribution in [0, 0.1) is 0 Å². The maximum atomic E-state index is 11.7. The van der Waals surface area contributed by atoms with Crippen LogP contribution in [-0.4, -0.2) is 22.1 Å². The van der Waals surface area contributed by atoms with Crippen LogP contribution in [0.25, 0.3) is 0 Å². The Kier molecular flexibility index (Phi) is 4.20. The number of pyridine rings is 1. The normalized spacial score (nSPS) is 19.0. The molecule has 0 radical (unpaired) electrons. The molecule has 1 aliphatic rings. The standard InChI is InChI=1S/C18H22N2O/c1-19-11-9-16(13-18(19)21)14-20-10-5-8-17(20)12-15-6-3-2-4-7-15/h2-4,6-7,9,11,13,17H,5,8,10,12,14H2,1H3/t17-/m1/s1. The highest BCUT2D eigenvalue weighted by Crippen LogP contribution is 2.22. The summed E-state index contributed by atoms with van der Waals surface area (Å²) in [7, 11) is 1.79. The first-order chi connectivity index (χ1) is 10.2. The van der Waals surface area contributed by atoms with Crippen molar-refractivity contribution in [3.8, 4) is 0 Å². The summed E-state index contributed by atoms with van der Waals surface area (Å²) in [5, 5.41) is 0. The number of aromatic nitrogens is 1. The molecule has 0 spiro atoms. The summed E-state index contributed by atoms with van der Waals surface area (Å²) in [6.07, 6.45) is 5.47. The zero-order valence-electron chi connectivity index (χ0n) is 12.5. The molecule has 1 fully saturated rings. The molecule has 1 atom stereocenters. The molecular formula is C18H22N2O. The van der Waals surface area contributed by atoms with E-state index < -0.39 is 0 Å². The van der Waals surface area contributed by atoms with Gasteiger partial charge in [-0.3, -0.25) is 9.69 Å². The number of hydrogen-bond donors (Lipinski definition) is 0. The van der Waals surface area contributed by atoms with Crippen molar-refractivity contribution in [2.24, 2.45) is 7.05 Å². The van der Waals surface area contributed by atoms with E-state index in [-0.39, 0.29) is 5.56 Å². The molecule has 0 aliphatic carbocycles. The van der Waals surface area contributed by atoms with Crippen molar-refractivity contribution in [1.82, 2.24) is 9.47 Å². The predicted octanol–water partition coefficient (Wildman–Crippen LogP) is 2.59. The monoisotopic (exact) mass is 282 g/mol. The van der Waals surface area contributed by atoms with E-state index in [1.807, 2.05) is 6.20 Å². The second-order valence-corrected chi connectivity index (χ2v) is 5.94. The van der Waals surface area contributed by atoms with Gasteiger partial charge in [0.05, 0.1) is 0 Å². The van der Waals surface area contributed by atoms with Gasteiger partial charge in [0.25, 0.3) is 5.56 Å². The molecule has 0 saturated carbocycles. The Labute approximate surface area is 125 Å². The summed E-state index contributed by atoms with van der Waals surface area (Å²) < 4.78 is 1.62. The number of nitrogens with zero attached hydrogens (tertiary/aromatic N) is 2. The van der Waals surface area contributed by atoms with Crippen LogP contribution in [0.15, 0.2) is 53.5 Å². The molecule has 2 heterocycles. The highest BCUT2D eigenvalue weighted by Gasteiger charge is 2.24. The number of aryl methyl sites for hydroxylation is 1. The Morgan fingerprint density at radius 3 is 2.71 bits per heavy atom. The second-order valence-electron chi connectivity index (χ2n) is 5.94. The molecule has 1 aromatic carbocycles. The average Bonchev–Trinajstić information content (AvgIpc) is 2.91. The first-order valence-electron chi connectivity index (χ1n) is 7.66. The summed E-state index contributed by atoms with van der Waals surface area (Å²) >= 11 is 0. The van der Waals surface area contributed by atoms with E-state index in [0.29, 0.717) is 6.04 Å². The molecule has 3 nitrogen and oxygen atoms in total. The van der Waals surface area contributed by atoms with Crippen molar-refractivity contribution in [2.75, 3.05) is 6.54 Å². The summed E-state index contributed by atoms with van der Waals surface area (Å²) in [6.45, 7) is 2.01. The molecule has 0 bridgehead atoms. The van der Waals surface area contributed by atoms with Gasteiger partial charge in [-0.1, -0.05) is 30.3 Å². The van der Waals surface area contributed by atoms with Gasteiger partial charge in [0, 0.05) is 31.9 Å². The average molecular weight is 282 g/mol. The zero-order chi connectivity index (χ0) is 14.7. The van der Waals surface area contributed by atoms with Crippen molar-refractivity contribution < 1.29 is 0 Å². The van der Waals surface area contributed by atoms with Crippen LogP contribution in [0.5, 0.6) is 0 Å². The van der Waals surface area contributed by atoms with E-state index in [2.05, 4.69) is 41.3 Å². The van der Waals surface area contributed by atoms with Crippen molar-refractivity contribution in [1.29, 1.82) is 0 Å². The molecule has 3 heteroatoms. The molecule has 0 unspecified atom stereocenters. The minimum absolute atomic E-state index is 0.0753. The highest BCUT2D eigenvalue weighted by atomic mass is 16.1. The molecule has 1 aromatic heterocycles. The maximum Gasteiger partial charge on any atom is 0.250 e. The Bertz CT molecular complexity index is 648. The van der Waals surface area contributed by atoms with Crippen LogP contribution in [0.1, 0.15) is 24.0 Å². The number of likely N-dealkylation sites (tertiary alicyclic amines) is 1. The lowest BCUT2D eigenvalue weighted by atomic mass is 10.0. The fraction of sp³-hybridized carbons (Fsp3) is 0.389. The fourth-order valence-electron chi connectivity index (χ4n) is 3.14. The third-order valence-electron chi connectivity index (χ3n) is 4.37. The third-order valence-corrected chi connectivity index (χ3v) is 4.37. The minimum atomic E-state index is 0.0753. The lowest BCUT2D eigenvalue weighted by Crippen LogP contribution is -2.31. The van der Waals surface area contributed by atoms with E-state index in [1.54, 1.807) is 17.7 Å². The van der Waals surface area contributed by atoms with Crippen LogP contribution < -0.4 is 5.56 Å². The quantitative estimate of drug-likeness (QED) is 0.861. The van der Waals surface area contributed by atoms with E-state index >= 15 is 0 Å². The highest BCUT2D eigenvalue weighted by molar-refractivity contribution is 5.17. The van der Waals surface area contributed by atoms with Crippen LogP contribution >= 0.6 is 0 Å². The summed E-state index contributed by atoms with van der Waals surface area (Å²) in [5.41, 5.74) is 2.60. The fourth-order valence-corrected chi connectivity index (χ4v) is 3.14. The van der Waals surface area contributed by atoms with Gasteiger partial charge in [0.1, 0.15) is 0 Å². The number of hydrogen-bond acceptors (Lipinski definition) is 2. The predicted molar refractivity (Wildman–Crippen MR) is 85.3 cm³/mol. The molecular weight excluding hydrogens is 260 g/mol. The minimum Gasteiger partial charge on any atom is -0.319 e. The van der Waals surface area contributed by atoms with Gasteiger partial charge in [-0.15, -0.1) is 0 Å². The zero-order valence-corrected chi connectivity index (χ0v) is 12.5. The molecule has 3 rings (SSSR count). The van der Waals surface area contributed by atoms with E-state index in [9.17, 15) is 4.79 Å². The van der Waals surface area contributed by atoms with Gasteiger partial charge in [-0.05, 0) is 43.0 Å². The molecule has 0 N–H and O–H groups in total. The molecule has 1 saturated heterocycles. The molecule has 2 aromatic rings. The molecule has 21 heavy (non-hydrogen) atoms. The van der Waals surface area contributed by atoms with Gasteiger partial charge in [-0.25, -0.2) is 0 Å². The van der Waals surface area contributed by atoms with E-state index in [1.165, 1.54) is 18.4 Å². The summed E-state index contributed by atoms with van der Waals surface area (Å²) in [6, 6.07) is 15.1. The first kappa shape index (κ1) is 14.1. The van der Waals surface area contributed by atoms with Crippen LogP contribution in [0.2, 0.25) is 0 Å². The Morgan fingerprint density at radius 1 is 1.14 bits per heavy atom. The SMILES string of the molecule is Cn1ccc(CN2CCC[C@@H]2Cc2ccccc2)cc1=O. The van der Waals surface area contributed by atoms with Crippen LogP contribution in [0.3, 0.4) is 0 Å². The van der Waals surface area contributed by atoms with Crippen molar-refractivity contribution >= 4 is 0 Å². The van der Waals surface area contributed by atoms with Crippen molar-refractivity contribution in [3.05, 3.63) is 70.1 Å². The van der Waals surface area contributed by atoms with Crippen molar-refractivity contribution in [2.45, 2.75) is 31.8 Å². The van der Waals surface area contributed by atoms with Crippen LogP contribution in [0.4, 0.5) is 0 Å². The van der Waals surface area contributed by atoms with Crippen LogP contribution in [-0.2, 0) is 20.0 Å². The first-order valence-corrected chi connectivity index (χ1v) is 7.66. The molecule has 1 aliphatic heterocycles. The topological polar surface area (TPSA) is 25.2 Å². The summed E-state index contributed by atoms with van der Waals surface area (Å²) in [4.78, 5) is 14.2. The Morgan fingerprint density at radius 2 is 1.95 bits per heavy atom. The lowest BCUT2D eigenvalue weighted by Gasteiger charge is -2.24. The number of benzene rings is 1. The molecule has 0 amide bonds. The van der Waals surface area contributed by atoms with Gasteiger partial charge >= 0.3 is 0 Å².